The van der Waals surface area contributed by atoms with Gasteiger partial charge >= 0.3 is 0 Å². The standard InChI is InChI=1S/C11H15ClN2/c12-9-10-4-5-13-11(8-10)14-6-2-1-3-7-14/h4-5,8H,1-3,6-7,9H2. The molecule has 0 spiro atoms. The molecule has 0 atom stereocenters. The van der Waals surface area contributed by atoms with Gasteiger partial charge < -0.3 is 4.90 Å². The molecule has 2 rings (SSSR count). The molecule has 1 saturated heterocycles. The summed E-state index contributed by atoms with van der Waals surface area (Å²) in [7, 11) is 0. The van der Waals surface area contributed by atoms with Crippen molar-refractivity contribution in [2.24, 2.45) is 0 Å². The predicted octanol–water partition coefficient (Wildman–Crippen LogP) is 2.81. The van der Waals surface area contributed by atoms with Crippen LogP contribution in [-0.2, 0) is 5.88 Å². The highest BCUT2D eigenvalue weighted by Crippen LogP contribution is 2.18. The number of piperidine rings is 1. The summed E-state index contributed by atoms with van der Waals surface area (Å²) in [6.45, 7) is 2.28. The predicted molar refractivity (Wildman–Crippen MR) is 59.9 cm³/mol. The first-order valence-corrected chi connectivity index (χ1v) is 5.69. The van der Waals surface area contributed by atoms with Crippen molar-refractivity contribution in [3.8, 4) is 0 Å². The van der Waals surface area contributed by atoms with E-state index in [0.29, 0.717) is 5.88 Å². The number of rotatable bonds is 2. The van der Waals surface area contributed by atoms with Crippen LogP contribution in [0.5, 0.6) is 0 Å². The minimum absolute atomic E-state index is 0.573. The highest BCUT2D eigenvalue weighted by Gasteiger charge is 2.11. The van der Waals surface area contributed by atoms with Crippen LogP contribution in [0, 0.1) is 0 Å². The molecule has 0 unspecified atom stereocenters. The molecule has 0 saturated carbocycles. The Bertz CT molecular complexity index is 295. The topological polar surface area (TPSA) is 16.1 Å². The summed E-state index contributed by atoms with van der Waals surface area (Å²) in [6, 6.07) is 4.07. The molecule has 14 heavy (non-hydrogen) atoms. The van der Waals surface area contributed by atoms with Crippen LogP contribution in [0.1, 0.15) is 24.8 Å². The quantitative estimate of drug-likeness (QED) is 0.698. The fourth-order valence-electron chi connectivity index (χ4n) is 1.84. The molecule has 2 heterocycles. The van der Waals surface area contributed by atoms with Crippen LogP contribution < -0.4 is 4.90 Å². The Kier molecular flexibility index (Phi) is 3.25. The van der Waals surface area contributed by atoms with Crippen molar-refractivity contribution in [2.45, 2.75) is 25.1 Å². The van der Waals surface area contributed by atoms with Crippen molar-refractivity contribution in [2.75, 3.05) is 18.0 Å². The first-order chi connectivity index (χ1) is 6.90. The minimum atomic E-state index is 0.573. The van der Waals surface area contributed by atoms with Gasteiger partial charge in [-0.1, -0.05) is 0 Å². The van der Waals surface area contributed by atoms with Crippen LogP contribution in [0.15, 0.2) is 18.3 Å². The van der Waals surface area contributed by atoms with E-state index >= 15 is 0 Å². The monoisotopic (exact) mass is 210 g/mol. The molecule has 1 aromatic heterocycles. The number of pyridine rings is 1. The van der Waals surface area contributed by atoms with Crippen LogP contribution in [0.4, 0.5) is 5.82 Å². The van der Waals surface area contributed by atoms with Crippen LogP contribution in [-0.4, -0.2) is 18.1 Å². The Morgan fingerprint density at radius 3 is 2.79 bits per heavy atom. The van der Waals surface area contributed by atoms with Crippen molar-refractivity contribution in [1.29, 1.82) is 0 Å². The van der Waals surface area contributed by atoms with Gasteiger partial charge in [0.15, 0.2) is 0 Å². The van der Waals surface area contributed by atoms with Crippen molar-refractivity contribution < 1.29 is 0 Å². The van der Waals surface area contributed by atoms with Gasteiger partial charge in [-0.05, 0) is 37.0 Å². The number of alkyl halides is 1. The lowest BCUT2D eigenvalue weighted by atomic mass is 10.1. The first kappa shape index (κ1) is 9.78. The number of anilines is 1. The summed E-state index contributed by atoms with van der Waals surface area (Å²) in [6.07, 6.45) is 5.77. The fourth-order valence-corrected chi connectivity index (χ4v) is 2.01. The molecule has 1 fully saturated rings. The molecular formula is C11H15ClN2. The molecule has 0 aromatic carbocycles. The second-order valence-corrected chi connectivity index (χ2v) is 3.97. The maximum atomic E-state index is 5.79. The summed E-state index contributed by atoms with van der Waals surface area (Å²) >= 11 is 5.79. The molecule has 0 bridgehead atoms. The average Bonchev–Trinajstić information content (AvgIpc) is 2.30. The SMILES string of the molecule is ClCc1ccnc(N2CCCCC2)c1. The summed E-state index contributed by atoms with van der Waals surface area (Å²) in [5, 5.41) is 0. The highest BCUT2D eigenvalue weighted by molar-refractivity contribution is 6.17. The van der Waals surface area contributed by atoms with Gasteiger partial charge in [0.25, 0.3) is 0 Å². The lowest BCUT2D eigenvalue weighted by Crippen LogP contribution is -2.30. The highest BCUT2D eigenvalue weighted by atomic mass is 35.5. The summed E-state index contributed by atoms with van der Waals surface area (Å²) in [4.78, 5) is 6.73. The lowest BCUT2D eigenvalue weighted by Gasteiger charge is -2.27. The maximum Gasteiger partial charge on any atom is 0.128 e. The Morgan fingerprint density at radius 2 is 2.07 bits per heavy atom. The van der Waals surface area contributed by atoms with Gasteiger partial charge in [0.1, 0.15) is 5.82 Å². The molecular weight excluding hydrogens is 196 g/mol. The van der Waals surface area contributed by atoms with Crippen molar-refractivity contribution in [3.63, 3.8) is 0 Å². The summed E-state index contributed by atoms with van der Waals surface area (Å²) in [5.74, 6) is 1.66. The van der Waals surface area contributed by atoms with Gasteiger partial charge in [0.05, 0.1) is 0 Å². The molecule has 76 valence electrons. The third kappa shape index (κ3) is 2.18. The van der Waals surface area contributed by atoms with Gasteiger partial charge in [0, 0.05) is 25.2 Å². The van der Waals surface area contributed by atoms with E-state index in [1.807, 2.05) is 12.3 Å². The molecule has 1 aliphatic heterocycles. The lowest BCUT2D eigenvalue weighted by molar-refractivity contribution is 0.573. The van der Waals surface area contributed by atoms with E-state index in [9.17, 15) is 0 Å². The van der Waals surface area contributed by atoms with Gasteiger partial charge in [-0.15, -0.1) is 11.6 Å². The van der Waals surface area contributed by atoms with Crippen molar-refractivity contribution in [3.05, 3.63) is 23.9 Å². The second kappa shape index (κ2) is 4.65. The Labute approximate surface area is 89.9 Å². The Hall–Kier alpha value is -0.760. The second-order valence-electron chi connectivity index (χ2n) is 3.70. The molecule has 0 N–H and O–H groups in total. The fraction of sp³-hybridized carbons (Fsp3) is 0.545. The van der Waals surface area contributed by atoms with Crippen molar-refractivity contribution in [1.82, 2.24) is 4.98 Å². The zero-order valence-electron chi connectivity index (χ0n) is 8.25. The zero-order chi connectivity index (χ0) is 9.80. The van der Waals surface area contributed by atoms with Gasteiger partial charge in [-0.2, -0.15) is 0 Å². The van der Waals surface area contributed by atoms with E-state index in [2.05, 4.69) is 16.0 Å². The normalized spacial score (nSPS) is 17.1. The number of aromatic nitrogens is 1. The van der Waals surface area contributed by atoms with Gasteiger partial charge in [-0.3, -0.25) is 0 Å². The largest absolute Gasteiger partial charge is 0.357 e. The van der Waals surface area contributed by atoms with E-state index in [-0.39, 0.29) is 0 Å². The van der Waals surface area contributed by atoms with E-state index in [4.69, 9.17) is 11.6 Å². The minimum Gasteiger partial charge on any atom is -0.357 e. The Morgan fingerprint density at radius 1 is 1.29 bits per heavy atom. The van der Waals surface area contributed by atoms with Crippen LogP contribution in [0.3, 0.4) is 0 Å². The van der Waals surface area contributed by atoms with Crippen molar-refractivity contribution >= 4 is 17.4 Å². The maximum absolute atomic E-state index is 5.79. The molecule has 2 nitrogen and oxygen atoms in total. The van der Waals surface area contributed by atoms with Gasteiger partial charge in [-0.25, -0.2) is 4.98 Å². The van der Waals surface area contributed by atoms with E-state index in [1.54, 1.807) is 0 Å². The molecule has 3 heteroatoms. The number of halogens is 1. The van der Waals surface area contributed by atoms with Crippen LogP contribution >= 0.6 is 11.6 Å². The third-order valence-electron chi connectivity index (χ3n) is 2.64. The summed E-state index contributed by atoms with van der Waals surface area (Å²) < 4.78 is 0. The van der Waals surface area contributed by atoms with E-state index in [1.165, 1.54) is 19.3 Å². The van der Waals surface area contributed by atoms with E-state index in [0.717, 1.165) is 24.5 Å². The number of hydrogen-bond donors (Lipinski definition) is 0. The molecule has 0 aliphatic carbocycles. The Balaban J connectivity index is 2.13. The zero-order valence-corrected chi connectivity index (χ0v) is 9.00. The third-order valence-corrected chi connectivity index (χ3v) is 2.95. The summed E-state index contributed by atoms with van der Waals surface area (Å²) in [5.41, 5.74) is 1.15. The van der Waals surface area contributed by atoms with Gasteiger partial charge in [0.2, 0.25) is 0 Å². The molecule has 1 aliphatic rings. The number of nitrogens with zero attached hydrogens (tertiary/aromatic N) is 2. The first-order valence-electron chi connectivity index (χ1n) is 5.16. The molecule has 1 aromatic rings. The van der Waals surface area contributed by atoms with Crippen LogP contribution in [0.2, 0.25) is 0 Å². The smallest absolute Gasteiger partial charge is 0.128 e. The van der Waals surface area contributed by atoms with Crippen LogP contribution in [0.25, 0.3) is 0 Å². The average molecular weight is 211 g/mol. The van der Waals surface area contributed by atoms with E-state index < -0.39 is 0 Å². The molecule has 0 radical (unpaired) electrons. The molecule has 0 amide bonds. The number of hydrogen-bond acceptors (Lipinski definition) is 2.